The summed E-state index contributed by atoms with van der Waals surface area (Å²) in [6, 6.07) is 0. The average molecular weight is 351 g/mol. The largest absolute Gasteiger partial charge is 0.377 e. The smallest absolute Gasteiger partial charge is 0.263 e. The fourth-order valence-electron chi connectivity index (χ4n) is 3.24. The molecule has 1 aromatic heterocycles. The first-order valence-electron chi connectivity index (χ1n) is 8.44. The molecule has 0 bridgehead atoms. The van der Waals surface area contributed by atoms with Gasteiger partial charge in [0.15, 0.2) is 5.13 Å². The number of carbonyl (C=O) groups excluding carboxylic acids is 2. The van der Waals surface area contributed by atoms with Gasteiger partial charge in [-0.25, -0.2) is 4.98 Å². The standard InChI is InChI=1S/C17H25N3O3S/c1-16(2)9-10-12(13(21)20-16)24-15(18-10)19-14(22)17(3,4)11-7-5-6-8-23-11/h11H,5-9H2,1-4H3,(H,20,21)(H,18,19,22). The van der Waals surface area contributed by atoms with E-state index < -0.39 is 5.41 Å². The van der Waals surface area contributed by atoms with E-state index in [1.165, 1.54) is 11.3 Å². The summed E-state index contributed by atoms with van der Waals surface area (Å²) in [5, 5.41) is 6.34. The lowest BCUT2D eigenvalue weighted by atomic mass is 9.82. The number of amides is 2. The van der Waals surface area contributed by atoms with Crippen molar-refractivity contribution >= 4 is 28.3 Å². The molecule has 3 heterocycles. The maximum absolute atomic E-state index is 12.7. The molecule has 0 saturated carbocycles. The highest BCUT2D eigenvalue weighted by Gasteiger charge is 2.39. The first-order valence-corrected chi connectivity index (χ1v) is 9.26. The van der Waals surface area contributed by atoms with Crippen molar-refractivity contribution in [2.75, 3.05) is 11.9 Å². The highest BCUT2D eigenvalue weighted by molar-refractivity contribution is 7.17. The van der Waals surface area contributed by atoms with E-state index in [1.54, 1.807) is 0 Å². The van der Waals surface area contributed by atoms with Gasteiger partial charge in [0.05, 0.1) is 17.2 Å². The predicted molar refractivity (Wildman–Crippen MR) is 93.4 cm³/mol. The molecule has 1 atom stereocenters. The molecule has 2 amide bonds. The van der Waals surface area contributed by atoms with Gasteiger partial charge in [0.1, 0.15) is 4.88 Å². The van der Waals surface area contributed by atoms with Gasteiger partial charge in [0.2, 0.25) is 5.91 Å². The van der Waals surface area contributed by atoms with Gasteiger partial charge < -0.3 is 15.4 Å². The Labute approximate surface area is 146 Å². The molecule has 0 radical (unpaired) electrons. The van der Waals surface area contributed by atoms with E-state index in [1.807, 2.05) is 27.7 Å². The first kappa shape index (κ1) is 17.4. The molecular weight excluding hydrogens is 326 g/mol. The number of hydrogen-bond donors (Lipinski definition) is 2. The number of carbonyl (C=O) groups is 2. The highest BCUT2D eigenvalue weighted by atomic mass is 32.1. The van der Waals surface area contributed by atoms with Crippen LogP contribution in [0.5, 0.6) is 0 Å². The summed E-state index contributed by atoms with van der Waals surface area (Å²) in [6.45, 7) is 8.45. The van der Waals surface area contributed by atoms with Gasteiger partial charge in [0.25, 0.3) is 5.91 Å². The molecule has 0 aliphatic carbocycles. The van der Waals surface area contributed by atoms with Crippen molar-refractivity contribution in [3.05, 3.63) is 10.6 Å². The number of nitrogens with one attached hydrogen (secondary N) is 2. The Kier molecular flexibility index (Phi) is 4.42. The van der Waals surface area contributed by atoms with Gasteiger partial charge >= 0.3 is 0 Å². The first-order chi connectivity index (χ1) is 11.2. The molecule has 1 saturated heterocycles. The van der Waals surface area contributed by atoms with Crippen molar-refractivity contribution in [2.45, 2.75) is 65.0 Å². The second-order valence-corrected chi connectivity index (χ2v) is 8.84. The Morgan fingerprint density at radius 1 is 1.42 bits per heavy atom. The van der Waals surface area contributed by atoms with Gasteiger partial charge in [-0.15, -0.1) is 0 Å². The number of thiazole rings is 1. The van der Waals surface area contributed by atoms with E-state index in [-0.39, 0.29) is 23.5 Å². The van der Waals surface area contributed by atoms with E-state index >= 15 is 0 Å². The molecule has 2 N–H and O–H groups in total. The summed E-state index contributed by atoms with van der Waals surface area (Å²) < 4.78 is 5.79. The molecule has 6 nitrogen and oxygen atoms in total. The number of ether oxygens (including phenoxy) is 1. The zero-order chi connectivity index (χ0) is 17.5. The third-order valence-corrected chi connectivity index (χ3v) is 5.77. The summed E-state index contributed by atoms with van der Waals surface area (Å²) in [5.41, 5.74) is -0.182. The Morgan fingerprint density at radius 3 is 2.83 bits per heavy atom. The van der Waals surface area contributed by atoms with Gasteiger partial charge in [-0.1, -0.05) is 11.3 Å². The van der Waals surface area contributed by atoms with E-state index in [2.05, 4.69) is 15.6 Å². The number of anilines is 1. The van der Waals surface area contributed by atoms with Crippen LogP contribution in [0.2, 0.25) is 0 Å². The number of nitrogens with zero attached hydrogens (tertiary/aromatic N) is 1. The van der Waals surface area contributed by atoms with Crippen molar-refractivity contribution in [1.82, 2.24) is 10.3 Å². The molecule has 0 aromatic carbocycles. The highest BCUT2D eigenvalue weighted by Crippen LogP contribution is 2.34. The quantitative estimate of drug-likeness (QED) is 0.877. The summed E-state index contributed by atoms with van der Waals surface area (Å²) >= 11 is 1.24. The molecule has 2 aliphatic heterocycles. The molecule has 7 heteroatoms. The monoisotopic (exact) mass is 351 g/mol. The van der Waals surface area contributed by atoms with E-state index in [4.69, 9.17) is 4.74 Å². The van der Waals surface area contributed by atoms with Crippen LogP contribution in [0.25, 0.3) is 0 Å². The molecule has 1 aromatic rings. The van der Waals surface area contributed by atoms with Crippen LogP contribution in [-0.4, -0.2) is 35.0 Å². The number of hydrogen-bond acceptors (Lipinski definition) is 5. The van der Waals surface area contributed by atoms with Crippen LogP contribution in [-0.2, 0) is 16.0 Å². The fourth-order valence-corrected chi connectivity index (χ4v) is 4.12. The summed E-state index contributed by atoms with van der Waals surface area (Å²) in [4.78, 5) is 30.0. The average Bonchev–Trinajstić information content (AvgIpc) is 2.89. The lowest BCUT2D eigenvalue weighted by Crippen LogP contribution is -2.48. The third kappa shape index (κ3) is 3.32. The van der Waals surface area contributed by atoms with Gasteiger partial charge in [-0.2, -0.15) is 0 Å². The third-order valence-electron chi connectivity index (χ3n) is 4.76. The maximum Gasteiger partial charge on any atom is 0.263 e. The zero-order valence-corrected chi connectivity index (χ0v) is 15.5. The second kappa shape index (κ2) is 6.11. The van der Waals surface area contributed by atoms with Gasteiger partial charge in [-0.3, -0.25) is 9.59 Å². The van der Waals surface area contributed by atoms with Crippen LogP contribution in [0.3, 0.4) is 0 Å². The molecule has 0 spiro atoms. The molecule has 1 unspecified atom stereocenters. The van der Waals surface area contributed by atoms with Crippen LogP contribution in [0.15, 0.2) is 0 Å². The van der Waals surface area contributed by atoms with Crippen LogP contribution in [0.4, 0.5) is 5.13 Å². The van der Waals surface area contributed by atoms with Crippen LogP contribution in [0.1, 0.15) is 62.3 Å². The second-order valence-electron chi connectivity index (χ2n) is 7.84. The predicted octanol–water partition coefficient (Wildman–Crippen LogP) is 2.74. The molecule has 1 fully saturated rings. The Morgan fingerprint density at radius 2 is 2.17 bits per heavy atom. The van der Waals surface area contributed by atoms with E-state index in [0.717, 1.165) is 25.0 Å². The normalized spacial score (nSPS) is 23.3. The molecule has 2 aliphatic rings. The van der Waals surface area contributed by atoms with Crippen LogP contribution < -0.4 is 10.6 Å². The summed E-state index contributed by atoms with van der Waals surface area (Å²) in [5.74, 6) is -0.228. The minimum atomic E-state index is -0.631. The van der Waals surface area contributed by atoms with Crippen molar-refractivity contribution in [3.63, 3.8) is 0 Å². The van der Waals surface area contributed by atoms with Crippen molar-refractivity contribution in [1.29, 1.82) is 0 Å². The fraction of sp³-hybridized carbons (Fsp3) is 0.706. The van der Waals surface area contributed by atoms with E-state index in [0.29, 0.717) is 23.0 Å². The minimum Gasteiger partial charge on any atom is -0.377 e. The van der Waals surface area contributed by atoms with Crippen molar-refractivity contribution in [3.8, 4) is 0 Å². The summed E-state index contributed by atoms with van der Waals surface area (Å²) in [7, 11) is 0. The van der Waals surface area contributed by atoms with Crippen LogP contribution >= 0.6 is 11.3 Å². The zero-order valence-electron chi connectivity index (χ0n) is 14.7. The Hall–Kier alpha value is -1.47. The van der Waals surface area contributed by atoms with Crippen molar-refractivity contribution < 1.29 is 14.3 Å². The lowest BCUT2D eigenvalue weighted by Gasteiger charge is -2.35. The lowest BCUT2D eigenvalue weighted by molar-refractivity contribution is -0.135. The van der Waals surface area contributed by atoms with Gasteiger partial charge in [0, 0.05) is 18.6 Å². The molecule has 132 valence electrons. The van der Waals surface area contributed by atoms with Crippen molar-refractivity contribution in [2.24, 2.45) is 5.41 Å². The molecule has 3 rings (SSSR count). The summed E-state index contributed by atoms with van der Waals surface area (Å²) in [6.07, 6.45) is 3.62. The topological polar surface area (TPSA) is 80.3 Å². The van der Waals surface area contributed by atoms with E-state index in [9.17, 15) is 9.59 Å². The molecule has 24 heavy (non-hydrogen) atoms. The van der Waals surface area contributed by atoms with Crippen LogP contribution in [0, 0.1) is 5.41 Å². The number of rotatable bonds is 3. The number of fused-ring (bicyclic) bond motifs is 1. The molecular formula is C17H25N3O3S. The SMILES string of the molecule is CC1(C)Cc2nc(NC(=O)C(C)(C)C3CCCCO3)sc2C(=O)N1. The Balaban J connectivity index is 1.74. The maximum atomic E-state index is 12.7. The number of aromatic nitrogens is 1. The minimum absolute atomic E-state index is 0.0805. The van der Waals surface area contributed by atoms with Gasteiger partial charge in [-0.05, 0) is 47.0 Å². The Bertz CT molecular complexity index is 660.